The molecular weight excluding hydrogens is 600 g/mol. The number of aryl methyl sites for hydroxylation is 2. The number of thiazole rings is 1. The molecule has 45 heavy (non-hydrogen) atoms. The minimum absolute atomic E-state index is 0.129. The quantitative estimate of drug-likeness (QED) is 0.271. The summed E-state index contributed by atoms with van der Waals surface area (Å²) in [6, 6.07) is 5.48. The summed E-state index contributed by atoms with van der Waals surface area (Å²) in [6.07, 6.45) is 1.08. The van der Waals surface area contributed by atoms with Crippen molar-refractivity contribution in [2.24, 2.45) is 5.92 Å². The molecule has 2 amide bonds. The van der Waals surface area contributed by atoms with E-state index in [4.69, 9.17) is 18.9 Å². The van der Waals surface area contributed by atoms with Crippen LogP contribution in [0, 0.1) is 12.8 Å². The topological polar surface area (TPSA) is 154 Å². The van der Waals surface area contributed by atoms with Gasteiger partial charge in [0.15, 0.2) is 22.3 Å². The lowest BCUT2D eigenvalue weighted by molar-refractivity contribution is -0.120. The molecule has 0 radical (unpaired) electrons. The van der Waals surface area contributed by atoms with E-state index in [0.29, 0.717) is 46.1 Å². The van der Waals surface area contributed by atoms with Gasteiger partial charge in [-0.1, -0.05) is 19.9 Å². The predicted molar refractivity (Wildman–Crippen MR) is 172 cm³/mol. The van der Waals surface area contributed by atoms with Crippen LogP contribution in [0.4, 0.5) is 10.8 Å². The highest BCUT2D eigenvalue weighted by Crippen LogP contribution is 2.50. The summed E-state index contributed by atoms with van der Waals surface area (Å²) < 4.78 is 21.8. The Hall–Kier alpha value is -4.65. The van der Waals surface area contributed by atoms with E-state index in [1.165, 1.54) is 34.3 Å². The number of amides is 2. The van der Waals surface area contributed by atoms with E-state index in [9.17, 15) is 19.2 Å². The number of benzene rings is 1. The average Bonchev–Trinajstić information content (AvgIpc) is 3.20. The molecule has 0 saturated carbocycles. The first kappa shape index (κ1) is 33.2. The largest absolute Gasteiger partial charge is 0.493 e. The minimum atomic E-state index is -0.831. The van der Waals surface area contributed by atoms with Crippen LogP contribution in [0.5, 0.6) is 17.2 Å². The van der Waals surface area contributed by atoms with Crippen molar-refractivity contribution in [3.63, 3.8) is 0 Å². The van der Waals surface area contributed by atoms with E-state index in [2.05, 4.69) is 20.9 Å². The summed E-state index contributed by atoms with van der Waals surface area (Å²) in [4.78, 5) is 56.3. The number of hydrogen-bond donors (Lipinski definition) is 3. The van der Waals surface area contributed by atoms with Gasteiger partial charge in [-0.05, 0) is 60.6 Å². The maximum absolute atomic E-state index is 13.8. The molecule has 0 unspecified atom stereocenters. The van der Waals surface area contributed by atoms with Crippen molar-refractivity contribution in [1.82, 2.24) is 10.3 Å². The van der Waals surface area contributed by atoms with Crippen molar-refractivity contribution in [2.75, 3.05) is 39.1 Å². The van der Waals surface area contributed by atoms with Crippen molar-refractivity contribution >= 4 is 39.9 Å². The fourth-order valence-electron chi connectivity index (χ4n) is 5.45. The van der Waals surface area contributed by atoms with Gasteiger partial charge in [0, 0.05) is 17.4 Å². The minimum Gasteiger partial charge on any atom is -0.493 e. The van der Waals surface area contributed by atoms with Crippen LogP contribution >= 0.6 is 11.3 Å². The second-order valence-electron chi connectivity index (χ2n) is 10.9. The van der Waals surface area contributed by atoms with Crippen LogP contribution in [0.3, 0.4) is 0 Å². The van der Waals surface area contributed by atoms with Gasteiger partial charge in [0.05, 0.1) is 40.2 Å². The maximum Gasteiger partial charge on any atom is 0.357 e. The van der Waals surface area contributed by atoms with Crippen LogP contribution in [-0.4, -0.2) is 57.2 Å². The van der Waals surface area contributed by atoms with Crippen LogP contribution in [0.25, 0.3) is 11.1 Å². The first-order chi connectivity index (χ1) is 21.4. The monoisotopic (exact) mass is 638 g/mol. The molecule has 2 aromatic carbocycles. The number of fused-ring (bicyclic) bond motifs is 3. The van der Waals surface area contributed by atoms with E-state index in [1.807, 2.05) is 19.9 Å². The van der Waals surface area contributed by atoms with Crippen LogP contribution < -0.4 is 35.6 Å². The van der Waals surface area contributed by atoms with Gasteiger partial charge >= 0.3 is 5.97 Å². The Balaban J connectivity index is 1.81. The van der Waals surface area contributed by atoms with Crippen molar-refractivity contribution in [2.45, 2.75) is 52.6 Å². The maximum atomic E-state index is 13.8. The molecule has 1 aliphatic carbocycles. The van der Waals surface area contributed by atoms with Crippen LogP contribution in [-0.2, 0) is 20.7 Å². The fourth-order valence-corrected chi connectivity index (χ4v) is 6.25. The highest BCUT2D eigenvalue weighted by atomic mass is 32.1. The number of methoxy groups -OCH3 is 4. The standard InChI is InChI=1S/C32H38N4O8S/c1-15(2)26(30(39)36-32-35-27(16(3)45-32)31(40)44-8)34-22-12-10-19-20(14-23(22)38)21(33-17(4)37)11-9-18-13-24(41-5)28(42-6)29(43-7)25(18)19/h10,12-15,21,26H,9,11H2,1-8H3,(H,33,37)(H,34,38)(H,35,36,39)/t21-,26-/m0/s1. The fraction of sp³-hybridized carbons (Fsp3) is 0.406. The summed E-state index contributed by atoms with van der Waals surface area (Å²) >= 11 is 1.15. The number of carbonyl (C=O) groups is 3. The molecule has 0 bridgehead atoms. The van der Waals surface area contributed by atoms with Gasteiger partial charge in [0.25, 0.3) is 0 Å². The molecule has 0 fully saturated rings. The van der Waals surface area contributed by atoms with Crippen LogP contribution in [0.2, 0.25) is 0 Å². The van der Waals surface area contributed by atoms with E-state index >= 15 is 0 Å². The number of esters is 1. The molecule has 1 heterocycles. The second kappa shape index (κ2) is 14.0. The number of nitrogens with zero attached hydrogens (tertiary/aromatic N) is 1. The number of nitrogens with one attached hydrogen (secondary N) is 3. The third kappa shape index (κ3) is 6.88. The molecule has 0 spiro atoms. The molecule has 0 saturated heterocycles. The molecule has 3 N–H and O–H groups in total. The lowest BCUT2D eigenvalue weighted by Gasteiger charge is -2.21. The van der Waals surface area contributed by atoms with Gasteiger partial charge in [-0.2, -0.15) is 0 Å². The molecular formula is C32H38N4O8S. The molecule has 2 atom stereocenters. The van der Waals surface area contributed by atoms with Gasteiger partial charge in [-0.25, -0.2) is 9.78 Å². The van der Waals surface area contributed by atoms with E-state index in [-0.39, 0.29) is 33.8 Å². The zero-order chi connectivity index (χ0) is 33.0. The normalized spacial score (nSPS) is 14.3. The summed E-state index contributed by atoms with van der Waals surface area (Å²) in [5, 5.41) is 9.12. The van der Waals surface area contributed by atoms with Crippen molar-refractivity contribution in [3.8, 4) is 28.4 Å². The Morgan fingerprint density at radius 2 is 1.73 bits per heavy atom. The van der Waals surface area contributed by atoms with Gasteiger partial charge < -0.3 is 34.9 Å². The van der Waals surface area contributed by atoms with Crippen molar-refractivity contribution < 1.29 is 33.3 Å². The third-order valence-electron chi connectivity index (χ3n) is 7.58. The van der Waals surface area contributed by atoms with E-state index in [1.54, 1.807) is 26.2 Å². The lowest BCUT2D eigenvalue weighted by atomic mass is 9.95. The Morgan fingerprint density at radius 1 is 1.02 bits per heavy atom. The number of carbonyl (C=O) groups excluding carboxylic acids is 3. The van der Waals surface area contributed by atoms with Crippen molar-refractivity contribution in [3.05, 3.63) is 56.2 Å². The Morgan fingerprint density at radius 3 is 2.33 bits per heavy atom. The molecule has 0 aliphatic heterocycles. The Kier molecular flexibility index (Phi) is 10.3. The van der Waals surface area contributed by atoms with Gasteiger partial charge in [-0.3, -0.25) is 14.4 Å². The van der Waals surface area contributed by atoms with Crippen LogP contribution in [0.1, 0.15) is 59.7 Å². The third-order valence-corrected chi connectivity index (χ3v) is 8.47. The van der Waals surface area contributed by atoms with E-state index < -0.39 is 24.0 Å². The zero-order valence-electron chi connectivity index (χ0n) is 26.6. The molecule has 4 rings (SSSR count). The molecule has 13 heteroatoms. The average molecular weight is 639 g/mol. The first-order valence-corrected chi connectivity index (χ1v) is 15.2. The van der Waals surface area contributed by atoms with Gasteiger partial charge in [-0.15, -0.1) is 11.3 Å². The van der Waals surface area contributed by atoms with Gasteiger partial charge in [0.1, 0.15) is 6.04 Å². The predicted octanol–water partition coefficient (Wildman–Crippen LogP) is 4.49. The molecule has 240 valence electrons. The van der Waals surface area contributed by atoms with Crippen LogP contribution in [0.15, 0.2) is 29.1 Å². The van der Waals surface area contributed by atoms with Crippen molar-refractivity contribution in [1.29, 1.82) is 0 Å². The summed E-state index contributed by atoms with van der Waals surface area (Å²) in [5.41, 5.74) is 2.84. The summed E-state index contributed by atoms with van der Waals surface area (Å²) in [7, 11) is 5.86. The summed E-state index contributed by atoms with van der Waals surface area (Å²) in [6.45, 7) is 6.84. The molecule has 12 nitrogen and oxygen atoms in total. The molecule has 1 aliphatic rings. The number of hydrogen-bond acceptors (Lipinski definition) is 11. The first-order valence-electron chi connectivity index (χ1n) is 14.3. The number of anilines is 2. The highest BCUT2D eigenvalue weighted by molar-refractivity contribution is 7.16. The smallest absolute Gasteiger partial charge is 0.357 e. The Bertz CT molecular complexity index is 1690. The highest BCUT2D eigenvalue weighted by Gasteiger charge is 2.30. The zero-order valence-corrected chi connectivity index (χ0v) is 27.4. The lowest BCUT2D eigenvalue weighted by Crippen LogP contribution is -2.39. The Labute approximate surface area is 265 Å². The van der Waals surface area contributed by atoms with Gasteiger partial charge in [0.2, 0.25) is 23.0 Å². The number of aromatic nitrogens is 1. The van der Waals surface area contributed by atoms with E-state index in [0.717, 1.165) is 22.5 Å². The number of rotatable bonds is 10. The number of ether oxygens (including phenoxy) is 4. The second-order valence-corrected chi connectivity index (χ2v) is 12.1. The summed E-state index contributed by atoms with van der Waals surface area (Å²) in [5.74, 6) is -0.155. The molecule has 1 aromatic heterocycles. The molecule has 3 aromatic rings. The SMILES string of the molecule is COC(=O)c1nc(NC(=O)[C@@H](Nc2ccc3c(cc2=O)[C@@H](NC(C)=O)CCc2cc(OC)c(OC)c(OC)c2-3)C(C)C)sc1C.